The molecule has 1 aliphatic rings. The first-order valence-electron chi connectivity index (χ1n) is 7.34. The van der Waals surface area contributed by atoms with Crippen molar-refractivity contribution in [3.8, 4) is 11.5 Å². The van der Waals surface area contributed by atoms with Gasteiger partial charge in [0.2, 0.25) is 5.91 Å². The van der Waals surface area contributed by atoms with E-state index in [-0.39, 0.29) is 18.1 Å². The average molecular weight is 310 g/mol. The van der Waals surface area contributed by atoms with Gasteiger partial charge < -0.3 is 9.84 Å². The zero-order chi connectivity index (χ0) is 16.4. The van der Waals surface area contributed by atoms with Crippen LogP contribution in [0.3, 0.4) is 0 Å². The van der Waals surface area contributed by atoms with E-state index in [1.54, 1.807) is 18.3 Å². The fourth-order valence-corrected chi connectivity index (χ4v) is 2.69. The number of rotatable bonds is 3. The minimum atomic E-state index is -0.563. The van der Waals surface area contributed by atoms with Crippen molar-refractivity contribution < 1.29 is 14.6 Å². The lowest BCUT2D eigenvalue weighted by Crippen LogP contribution is -2.40. The summed E-state index contributed by atoms with van der Waals surface area (Å²) in [6, 6.07) is 14.5. The van der Waals surface area contributed by atoms with E-state index in [0.717, 1.165) is 11.3 Å². The van der Waals surface area contributed by atoms with Crippen molar-refractivity contribution >= 4 is 17.8 Å². The number of para-hydroxylation sites is 1. The van der Waals surface area contributed by atoms with Gasteiger partial charge in [-0.05, 0) is 36.8 Å². The molecule has 0 saturated heterocycles. The summed E-state index contributed by atoms with van der Waals surface area (Å²) in [6.07, 6.45) is 2.03. The average Bonchev–Trinajstić information content (AvgIpc) is 2.55. The summed E-state index contributed by atoms with van der Waals surface area (Å²) in [5.41, 5.74) is 1.00. The fourth-order valence-electron chi connectivity index (χ4n) is 2.69. The first-order valence-corrected chi connectivity index (χ1v) is 7.34. The molecule has 0 aromatic heterocycles. The van der Waals surface area contributed by atoms with Crippen LogP contribution in [0.2, 0.25) is 0 Å². The summed E-state index contributed by atoms with van der Waals surface area (Å²) in [6.45, 7) is 1.93. The fraction of sp³-hybridized carbons (Fsp3) is 0.222. The predicted molar refractivity (Wildman–Crippen MR) is 89.0 cm³/mol. The number of anilines is 1. The Hall–Kier alpha value is -2.82. The topological polar surface area (TPSA) is 62.1 Å². The van der Waals surface area contributed by atoms with Crippen LogP contribution < -0.4 is 9.75 Å². The van der Waals surface area contributed by atoms with E-state index in [1.807, 2.05) is 43.3 Å². The first-order chi connectivity index (χ1) is 11.0. The second-order valence-corrected chi connectivity index (χ2v) is 5.77. The summed E-state index contributed by atoms with van der Waals surface area (Å²) in [7, 11) is 1.50. The van der Waals surface area contributed by atoms with E-state index in [4.69, 9.17) is 4.74 Å². The molecule has 1 heterocycles. The number of nitrogens with zero attached hydrogens (tertiary/aromatic N) is 2. The van der Waals surface area contributed by atoms with Gasteiger partial charge in [-0.2, -0.15) is 5.10 Å². The second kappa shape index (κ2) is 5.76. The summed E-state index contributed by atoms with van der Waals surface area (Å²) >= 11 is 0. The van der Waals surface area contributed by atoms with Crippen molar-refractivity contribution in [2.24, 2.45) is 5.10 Å². The highest BCUT2D eigenvalue weighted by molar-refractivity contribution is 6.00. The maximum Gasteiger partial charge on any atom is 0.248 e. The van der Waals surface area contributed by atoms with Gasteiger partial charge in [0, 0.05) is 18.1 Å². The smallest absolute Gasteiger partial charge is 0.248 e. The third-order valence-electron chi connectivity index (χ3n) is 4.05. The number of phenolic OH excluding ortho intramolecular Hbond substituents is 1. The number of hydrogen-bond acceptors (Lipinski definition) is 4. The maximum atomic E-state index is 12.5. The van der Waals surface area contributed by atoms with Crippen molar-refractivity contribution in [3.05, 3.63) is 54.1 Å². The molecule has 1 N–H and O–H groups in total. The van der Waals surface area contributed by atoms with Crippen molar-refractivity contribution in [1.82, 2.24) is 0 Å². The van der Waals surface area contributed by atoms with Crippen LogP contribution in [0.15, 0.2) is 53.6 Å². The molecule has 1 amide bonds. The van der Waals surface area contributed by atoms with Gasteiger partial charge in [-0.3, -0.25) is 4.79 Å². The number of phenols is 1. The van der Waals surface area contributed by atoms with Crippen LogP contribution in [0.4, 0.5) is 5.69 Å². The third kappa shape index (κ3) is 2.77. The largest absolute Gasteiger partial charge is 0.504 e. The summed E-state index contributed by atoms with van der Waals surface area (Å²) < 4.78 is 5.06. The number of benzene rings is 2. The molecule has 0 unspecified atom stereocenters. The first kappa shape index (κ1) is 15.1. The number of hydrazone groups is 1. The molecule has 1 aliphatic heterocycles. The van der Waals surface area contributed by atoms with Crippen molar-refractivity contribution in [1.29, 1.82) is 0 Å². The highest BCUT2D eigenvalue weighted by Crippen LogP contribution is 2.36. The zero-order valence-electron chi connectivity index (χ0n) is 13.1. The number of amides is 1. The van der Waals surface area contributed by atoms with Gasteiger partial charge in [0.25, 0.3) is 0 Å². The van der Waals surface area contributed by atoms with E-state index in [2.05, 4.69) is 5.10 Å². The summed E-state index contributed by atoms with van der Waals surface area (Å²) in [4.78, 5) is 12.5. The number of hydrogen-bond donors (Lipinski definition) is 1. The Morgan fingerprint density at radius 2 is 1.96 bits per heavy atom. The van der Waals surface area contributed by atoms with Gasteiger partial charge in [0.15, 0.2) is 11.5 Å². The molecule has 5 heteroatoms. The molecule has 5 nitrogen and oxygen atoms in total. The lowest BCUT2D eigenvalue weighted by atomic mass is 9.79. The van der Waals surface area contributed by atoms with Gasteiger partial charge >= 0.3 is 0 Å². The molecule has 2 aromatic carbocycles. The lowest BCUT2D eigenvalue weighted by molar-refractivity contribution is -0.119. The summed E-state index contributed by atoms with van der Waals surface area (Å²) in [5.74, 6) is 0.372. The van der Waals surface area contributed by atoms with E-state index in [1.165, 1.54) is 12.1 Å². The maximum absolute atomic E-state index is 12.5. The van der Waals surface area contributed by atoms with Gasteiger partial charge in [-0.25, -0.2) is 5.01 Å². The number of carbonyl (C=O) groups excluding carboxylic acids is 1. The van der Waals surface area contributed by atoms with E-state index >= 15 is 0 Å². The molecule has 2 aromatic rings. The second-order valence-electron chi connectivity index (χ2n) is 5.77. The Labute approximate surface area is 134 Å². The minimum Gasteiger partial charge on any atom is -0.504 e. The Morgan fingerprint density at radius 3 is 2.57 bits per heavy atom. The third-order valence-corrected chi connectivity index (χ3v) is 4.05. The quantitative estimate of drug-likeness (QED) is 0.947. The van der Waals surface area contributed by atoms with Gasteiger partial charge in [0.05, 0.1) is 12.8 Å². The van der Waals surface area contributed by atoms with Crippen LogP contribution >= 0.6 is 0 Å². The standard InChI is InChI=1S/C18H18N2O3/c1-18(13-8-9-16(23-2)15(21)10-13)11-17(22)20(19-12-18)14-6-4-3-5-7-14/h3-10,12,21H,11H2,1-2H3/t18-/m1/s1. The highest BCUT2D eigenvalue weighted by Gasteiger charge is 2.35. The SMILES string of the molecule is COc1ccc([C@@]2(C)C=NN(c3ccccc3)C(=O)C2)cc1O. The predicted octanol–water partition coefficient (Wildman–Crippen LogP) is 3.08. The van der Waals surface area contributed by atoms with Crippen LogP contribution in [0.25, 0.3) is 0 Å². The Kier molecular flexibility index (Phi) is 3.78. The van der Waals surface area contributed by atoms with Crippen molar-refractivity contribution in [2.75, 3.05) is 12.1 Å². The monoisotopic (exact) mass is 310 g/mol. The Morgan fingerprint density at radius 1 is 1.22 bits per heavy atom. The number of carbonyl (C=O) groups is 1. The number of aromatic hydroxyl groups is 1. The molecule has 0 radical (unpaired) electrons. The van der Waals surface area contributed by atoms with E-state index in [0.29, 0.717) is 5.75 Å². The number of methoxy groups -OCH3 is 1. The van der Waals surface area contributed by atoms with Gasteiger partial charge in [-0.1, -0.05) is 24.3 Å². The lowest BCUT2D eigenvalue weighted by Gasteiger charge is -2.32. The summed E-state index contributed by atoms with van der Waals surface area (Å²) in [5, 5.41) is 15.7. The van der Waals surface area contributed by atoms with E-state index in [9.17, 15) is 9.90 Å². The molecular weight excluding hydrogens is 292 g/mol. The van der Waals surface area contributed by atoms with Crippen LogP contribution in [0.1, 0.15) is 18.9 Å². The molecule has 0 bridgehead atoms. The van der Waals surface area contributed by atoms with E-state index < -0.39 is 5.41 Å². The molecule has 0 spiro atoms. The molecule has 23 heavy (non-hydrogen) atoms. The number of ether oxygens (including phenoxy) is 1. The highest BCUT2D eigenvalue weighted by atomic mass is 16.5. The van der Waals surface area contributed by atoms with Crippen LogP contribution in [-0.4, -0.2) is 24.3 Å². The molecule has 118 valence electrons. The normalized spacial score (nSPS) is 20.6. The Bertz CT molecular complexity index is 758. The Balaban J connectivity index is 1.93. The van der Waals surface area contributed by atoms with Crippen molar-refractivity contribution in [2.45, 2.75) is 18.8 Å². The molecule has 0 fully saturated rings. The molecule has 3 rings (SSSR count). The van der Waals surface area contributed by atoms with Gasteiger partial charge in [0.1, 0.15) is 0 Å². The van der Waals surface area contributed by atoms with Crippen LogP contribution in [-0.2, 0) is 10.2 Å². The van der Waals surface area contributed by atoms with Crippen LogP contribution in [0.5, 0.6) is 11.5 Å². The molecule has 0 saturated carbocycles. The van der Waals surface area contributed by atoms with Crippen LogP contribution in [0, 0.1) is 0 Å². The molecule has 0 aliphatic carbocycles. The molecular formula is C18H18N2O3. The minimum absolute atomic E-state index is 0.0533. The van der Waals surface area contributed by atoms with Crippen molar-refractivity contribution in [3.63, 3.8) is 0 Å². The van der Waals surface area contributed by atoms with Gasteiger partial charge in [-0.15, -0.1) is 0 Å². The molecule has 1 atom stereocenters. The zero-order valence-corrected chi connectivity index (χ0v) is 13.1.